The predicted molar refractivity (Wildman–Crippen MR) is 88.9 cm³/mol. The molecule has 1 aromatic heterocycles. The van der Waals surface area contributed by atoms with E-state index >= 15 is 0 Å². The topological polar surface area (TPSA) is 71.9 Å². The van der Waals surface area contributed by atoms with E-state index in [1.54, 1.807) is 19.1 Å². The lowest BCUT2D eigenvalue weighted by molar-refractivity contribution is 0.102. The zero-order chi connectivity index (χ0) is 17.1. The Morgan fingerprint density at radius 1 is 1.22 bits per heavy atom. The quantitative estimate of drug-likeness (QED) is 0.688. The highest BCUT2D eigenvalue weighted by atomic mass is 16.2. The summed E-state index contributed by atoms with van der Waals surface area (Å²) < 4.78 is 1.15. The number of aryl methyl sites for hydroxylation is 2. The largest absolute Gasteiger partial charge is 0.329 e. The molecule has 2 aromatic rings. The van der Waals surface area contributed by atoms with E-state index in [1.165, 1.54) is 0 Å². The van der Waals surface area contributed by atoms with E-state index in [-0.39, 0.29) is 23.6 Å². The second-order valence-corrected chi connectivity index (χ2v) is 5.44. The molecule has 0 atom stereocenters. The summed E-state index contributed by atoms with van der Waals surface area (Å²) in [6.45, 7) is 5.45. The maximum Gasteiger partial charge on any atom is 0.329 e. The number of carbonyl (C=O) groups is 1. The SMILES string of the molecule is C#CCn1c(C(=O)c2cc(C)cc(C)c2)c(CC)c(=O)[nH]c1=O. The maximum absolute atomic E-state index is 12.9. The van der Waals surface area contributed by atoms with Crippen molar-refractivity contribution < 1.29 is 4.79 Å². The first kappa shape index (κ1) is 16.5. The number of rotatable bonds is 4. The number of aromatic amines is 1. The van der Waals surface area contributed by atoms with Gasteiger partial charge < -0.3 is 0 Å². The number of hydrogen-bond donors (Lipinski definition) is 1. The molecular weight excluding hydrogens is 292 g/mol. The van der Waals surface area contributed by atoms with Crippen LogP contribution < -0.4 is 11.2 Å². The third-order valence-corrected chi connectivity index (χ3v) is 3.60. The Labute approximate surface area is 134 Å². The Bertz CT molecular complexity index is 906. The molecule has 5 nitrogen and oxygen atoms in total. The molecule has 0 unspecified atom stereocenters. The summed E-state index contributed by atoms with van der Waals surface area (Å²) in [5, 5.41) is 0. The summed E-state index contributed by atoms with van der Waals surface area (Å²) in [5.74, 6) is 1.99. The van der Waals surface area contributed by atoms with Gasteiger partial charge in [0.05, 0.1) is 6.54 Å². The Hall–Kier alpha value is -2.87. The molecule has 0 radical (unpaired) electrons. The molecule has 1 aromatic carbocycles. The summed E-state index contributed by atoms with van der Waals surface area (Å²) in [7, 11) is 0. The summed E-state index contributed by atoms with van der Waals surface area (Å²) in [4.78, 5) is 39.3. The van der Waals surface area contributed by atoms with Gasteiger partial charge in [0.1, 0.15) is 5.69 Å². The van der Waals surface area contributed by atoms with Gasteiger partial charge in [-0.25, -0.2) is 4.79 Å². The Balaban J connectivity index is 2.79. The van der Waals surface area contributed by atoms with Gasteiger partial charge in [0.25, 0.3) is 5.56 Å². The van der Waals surface area contributed by atoms with Crippen LogP contribution in [0.1, 0.15) is 39.7 Å². The number of terminal acetylenes is 1. The highest BCUT2D eigenvalue weighted by Gasteiger charge is 2.21. The Morgan fingerprint density at radius 3 is 2.35 bits per heavy atom. The lowest BCUT2D eigenvalue weighted by Crippen LogP contribution is -2.37. The Kier molecular flexibility index (Phi) is 4.65. The number of aromatic nitrogens is 2. The van der Waals surface area contributed by atoms with Crippen molar-refractivity contribution in [3.63, 3.8) is 0 Å². The molecule has 0 amide bonds. The van der Waals surface area contributed by atoms with Gasteiger partial charge in [0, 0.05) is 11.1 Å². The van der Waals surface area contributed by atoms with E-state index in [0.717, 1.165) is 15.7 Å². The molecule has 0 spiro atoms. The molecule has 0 bridgehead atoms. The second kappa shape index (κ2) is 6.49. The number of H-pyrrole nitrogens is 1. The summed E-state index contributed by atoms with van der Waals surface area (Å²) in [6.07, 6.45) is 5.63. The summed E-state index contributed by atoms with van der Waals surface area (Å²) >= 11 is 0. The molecule has 0 aliphatic heterocycles. The Morgan fingerprint density at radius 2 is 1.83 bits per heavy atom. The van der Waals surface area contributed by atoms with Crippen LogP contribution in [0.3, 0.4) is 0 Å². The van der Waals surface area contributed by atoms with Crippen LogP contribution in [-0.2, 0) is 13.0 Å². The van der Waals surface area contributed by atoms with Crippen LogP contribution in [0.4, 0.5) is 0 Å². The number of nitrogens with zero attached hydrogens (tertiary/aromatic N) is 1. The predicted octanol–water partition coefficient (Wildman–Crippen LogP) is 1.58. The van der Waals surface area contributed by atoms with Crippen molar-refractivity contribution >= 4 is 5.78 Å². The smallest absolute Gasteiger partial charge is 0.287 e. The molecule has 0 saturated carbocycles. The fourth-order valence-electron chi connectivity index (χ4n) is 2.68. The summed E-state index contributed by atoms with van der Waals surface area (Å²) in [5.41, 5.74) is 1.43. The minimum absolute atomic E-state index is 0.0733. The molecule has 0 saturated heterocycles. The number of carbonyl (C=O) groups excluding carboxylic acids is 1. The first-order valence-electron chi connectivity index (χ1n) is 7.31. The van der Waals surface area contributed by atoms with Crippen LogP contribution >= 0.6 is 0 Å². The molecule has 0 aliphatic carbocycles. The van der Waals surface area contributed by atoms with Crippen molar-refractivity contribution in [1.82, 2.24) is 9.55 Å². The van der Waals surface area contributed by atoms with Crippen LogP contribution in [0.15, 0.2) is 27.8 Å². The van der Waals surface area contributed by atoms with E-state index in [4.69, 9.17) is 6.42 Å². The molecule has 0 fully saturated rings. The maximum atomic E-state index is 12.9. The van der Waals surface area contributed by atoms with Gasteiger partial charge in [-0.05, 0) is 32.4 Å². The zero-order valence-electron chi connectivity index (χ0n) is 13.4. The number of ketones is 1. The molecule has 23 heavy (non-hydrogen) atoms. The van der Waals surface area contributed by atoms with Gasteiger partial charge in [-0.3, -0.25) is 19.1 Å². The van der Waals surface area contributed by atoms with Gasteiger partial charge in [-0.15, -0.1) is 6.42 Å². The van der Waals surface area contributed by atoms with Crippen LogP contribution in [-0.4, -0.2) is 15.3 Å². The lowest BCUT2D eigenvalue weighted by Gasteiger charge is -2.13. The normalized spacial score (nSPS) is 10.3. The minimum atomic E-state index is -0.669. The summed E-state index contributed by atoms with van der Waals surface area (Å²) in [6, 6.07) is 5.42. The second-order valence-electron chi connectivity index (χ2n) is 5.44. The van der Waals surface area contributed by atoms with E-state index in [2.05, 4.69) is 10.9 Å². The molecule has 5 heteroatoms. The van der Waals surface area contributed by atoms with Crippen molar-refractivity contribution in [2.45, 2.75) is 33.7 Å². The minimum Gasteiger partial charge on any atom is -0.287 e. The van der Waals surface area contributed by atoms with Crippen molar-refractivity contribution in [3.8, 4) is 12.3 Å². The first-order valence-corrected chi connectivity index (χ1v) is 7.31. The van der Waals surface area contributed by atoms with Crippen LogP contribution in [0.25, 0.3) is 0 Å². The zero-order valence-corrected chi connectivity index (χ0v) is 13.4. The highest BCUT2D eigenvalue weighted by Crippen LogP contribution is 2.15. The third-order valence-electron chi connectivity index (χ3n) is 3.60. The van der Waals surface area contributed by atoms with E-state index in [0.29, 0.717) is 12.0 Å². The monoisotopic (exact) mass is 310 g/mol. The van der Waals surface area contributed by atoms with Gasteiger partial charge in [-0.1, -0.05) is 30.0 Å². The fourth-order valence-corrected chi connectivity index (χ4v) is 2.68. The van der Waals surface area contributed by atoms with Crippen molar-refractivity contribution in [3.05, 3.63) is 67.0 Å². The first-order chi connectivity index (χ1) is 10.9. The van der Waals surface area contributed by atoms with Crippen molar-refractivity contribution in [2.75, 3.05) is 0 Å². The lowest BCUT2D eigenvalue weighted by atomic mass is 9.99. The van der Waals surface area contributed by atoms with Crippen LogP contribution in [0, 0.1) is 26.2 Å². The standard InChI is InChI=1S/C18H18N2O3/c1-5-7-20-15(14(6-2)17(22)19-18(20)23)16(21)13-9-11(3)8-12(4)10-13/h1,8-10H,6-7H2,2-4H3,(H,19,22,23). The average Bonchev–Trinajstić information content (AvgIpc) is 2.48. The van der Waals surface area contributed by atoms with Gasteiger partial charge in [-0.2, -0.15) is 0 Å². The third kappa shape index (κ3) is 3.16. The fraction of sp³-hybridized carbons (Fsp3) is 0.278. The highest BCUT2D eigenvalue weighted by molar-refractivity contribution is 6.09. The van der Waals surface area contributed by atoms with E-state index in [9.17, 15) is 14.4 Å². The van der Waals surface area contributed by atoms with Crippen LogP contribution in [0.2, 0.25) is 0 Å². The number of nitrogens with one attached hydrogen (secondary N) is 1. The van der Waals surface area contributed by atoms with Crippen LogP contribution in [0.5, 0.6) is 0 Å². The van der Waals surface area contributed by atoms with Gasteiger partial charge in [0.15, 0.2) is 0 Å². The molecule has 1 heterocycles. The van der Waals surface area contributed by atoms with Gasteiger partial charge >= 0.3 is 5.69 Å². The molecular formula is C18H18N2O3. The number of hydrogen-bond acceptors (Lipinski definition) is 3. The average molecular weight is 310 g/mol. The van der Waals surface area contributed by atoms with Crippen molar-refractivity contribution in [2.24, 2.45) is 0 Å². The molecule has 118 valence electrons. The van der Waals surface area contributed by atoms with E-state index < -0.39 is 11.2 Å². The van der Waals surface area contributed by atoms with Gasteiger partial charge in [0.2, 0.25) is 5.78 Å². The van der Waals surface area contributed by atoms with Crippen molar-refractivity contribution in [1.29, 1.82) is 0 Å². The number of benzene rings is 1. The molecule has 2 rings (SSSR count). The molecule has 0 aliphatic rings. The van der Waals surface area contributed by atoms with E-state index in [1.807, 2.05) is 19.9 Å². The molecule has 1 N–H and O–H groups in total.